The standard InChI is InChI=1S/C10H21N3O/c1-3-9-7-5-6-8-13(9)12-10(14)11-4-2/h9H,3-8H2,1-2H3,(H2,11,12,14). The van der Waals surface area contributed by atoms with Gasteiger partial charge in [0.2, 0.25) is 0 Å². The van der Waals surface area contributed by atoms with Crippen molar-refractivity contribution in [3.05, 3.63) is 0 Å². The van der Waals surface area contributed by atoms with E-state index in [1.165, 1.54) is 19.3 Å². The molecular weight excluding hydrogens is 178 g/mol. The van der Waals surface area contributed by atoms with E-state index in [1.54, 1.807) is 0 Å². The van der Waals surface area contributed by atoms with Gasteiger partial charge in [0.25, 0.3) is 0 Å². The number of nitrogens with one attached hydrogen (secondary N) is 2. The first-order valence-electron chi connectivity index (χ1n) is 5.59. The molecule has 0 aromatic heterocycles. The van der Waals surface area contributed by atoms with Crippen molar-refractivity contribution < 1.29 is 4.79 Å². The summed E-state index contributed by atoms with van der Waals surface area (Å²) in [6.45, 7) is 5.75. The Morgan fingerprint density at radius 1 is 1.43 bits per heavy atom. The van der Waals surface area contributed by atoms with Crippen molar-refractivity contribution in [3.8, 4) is 0 Å². The Balaban J connectivity index is 2.36. The molecule has 1 atom stereocenters. The molecule has 1 rings (SSSR count). The van der Waals surface area contributed by atoms with Crippen LogP contribution in [0.1, 0.15) is 39.5 Å². The number of hydrogen-bond donors (Lipinski definition) is 2. The fraction of sp³-hybridized carbons (Fsp3) is 0.900. The summed E-state index contributed by atoms with van der Waals surface area (Å²) in [6, 6.07) is 0.444. The maximum atomic E-state index is 11.3. The third kappa shape index (κ3) is 3.18. The van der Waals surface area contributed by atoms with Gasteiger partial charge in [0.15, 0.2) is 0 Å². The van der Waals surface area contributed by atoms with Gasteiger partial charge < -0.3 is 5.32 Å². The Labute approximate surface area is 86.0 Å². The number of piperidine rings is 1. The van der Waals surface area contributed by atoms with Gasteiger partial charge in [-0.1, -0.05) is 13.3 Å². The van der Waals surface area contributed by atoms with E-state index < -0.39 is 0 Å². The van der Waals surface area contributed by atoms with Crippen LogP contribution in [0, 0.1) is 0 Å². The first-order chi connectivity index (χ1) is 6.77. The molecule has 0 aromatic rings. The molecule has 1 aliphatic rings. The predicted molar refractivity (Wildman–Crippen MR) is 56.8 cm³/mol. The predicted octanol–water partition coefficient (Wildman–Crippen LogP) is 1.48. The molecule has 0 spiro atoms. The Kier molecular flexibility index (Phi) is 4.73. The average Bonchev–Trinajstić information content (AvgIpc) is 2.19. The van der Waals surface area contributed by atoms with Crippen molar-refractivity contribution in [2.75, 3.05) is 13.1 Å². The number of nitrogens with zero attached hydrogens (tertiary/aromatic N) is 1. The molecule has 2 amide bonds. The topological polar surface area (TPSA) is 44.4 Å². The van der Waals surface area contributed by atoms with Crippen LogP contribution >= 0.6 is 0 Å². The van der Waals surface area contributed by atoms with E-state index in [1.807, 2.05) is 6.92 Å². The van der Waals surface area contributed by atoms with E-state index in [0.717, 1.165) is 13.0 Å². The van der Waals surface area contributed by atoms with Gasteiger partial charge in [0, 0.05) is 19.1 Å². The van der Waals surface area contributed by atoms with Gasteiger partial charge in [-0.15, -0.1) is 0 Å². The summed E-state index contributed by atoms with van der Waals surface area (Å²) >= 11 is 0. The molecule has 1 fully saturated rings. The van der Waals surface area contributed by atoms with Gasteiger partial charge in [0.05, 0.1) is 0 Å². The van der Waals surface area contributed by atoms with E-state index >= 15 is 0 Å². The third-order valence-electron chi connectivity index (χ3n) is 2.68. The summed E-state index contributed by atoms with van der Waals surface area (Å²) in [5.41, 5.74) is 2.90. The number of amides is 2. The average molecular weight is 199 g/mol. The second-order valence-electron chi connectivity index (χ2n) is 3.72. The molecule has 0 aliphatic carbocycles. The van der Waals surface area contributed by atoms with Crippen LogP contribution in [-0.4, -0.2) is 30.2 Å². The van der Waals surface area contributed by atoms with Gasteiger partial charge in [-0.05, 0) is 26.2 Å². The van der Waals surface area contributed by atoms with Crippen molar-refractivity contribution in [3.63, 3.8) is 0 Å². The molecule has 0 aromatic carbocycles. The van der Waals surface area contributed by atoms with Crippen LogP contribution in [0.25, 0.3) is 0 Å². The maximum absolute atomic E-state index is 11.3. The lowest BCUT2D eigenvalue weighted by Crippen LogP contribution is -2.53. The summed E-state index contributed by atoms with van der Waals surface area (Å²) < 4.78 is 0. The highest BCUT2D eigenvalue weighted by Gasteiger charge is 2.21. The number of carbonyl (C=O) groups excluding carboxylic acids is 1. The van der Waals surface area contributed by atoms with Crippen molar-refractivity contribution in [2.45, 2.75) is 45.6 Å². The zero-order chi connectivity index (χ0) is 10.4. The molecule has 0 saturated carbocycles. The van der Waals surface area contributed by atoms with Gasteiger partial charge in [0.1, 0.15) is 0 Å². The van der Waals surface area contributed by atoms with Crippen LogP contribution in [0.4, 0.5) is 4.79 Å². The molecule has 4 heteroatoms. The van der Waals surface area contributed by atoms with Gasteiger partial charge in [-0.2, -0.15) is 0 Å². The van der Waals surface area contributed by atoms with E-state index in [9.17, 15) is 4.79 Å². The molecule has 0 radical (unpaired) electrons. The first kappa shape index (κ1) is 11.3. The fourth-order valence-corrected chi connectivity index (χ4v) is 1.90. The summed E-state index contributed by atoms with van der Waals surface area (Å²) in [7, 11) is 0. The van der Waals surface area contributed by atoms with Crippen molar-refractivity contribution >= 4 is 6.03 Å². The monoisotopic (exact) mass is 199 g/mol. The summed E-state index contributed by atoms with van der Waals surface area (Å²) in [4.78, 5) is 11.3. The van der Waals surface area contributed by atoms with Crippen molar-refractivity contribution in [1.29, 1.82) is 0 Å². The fourth-order valence-electron chi connectivity index (χ4n) is 1.90. The first-order valence-corrected chi connectivity index (χ1v) is 5.59. The molecule has 0 bridgehead atoms. The SMILES string of the molecule is CCNC(=O)NN1CCCCC1CC. The van der Waals surface area contributed by atoms with E-state index in [0.29, 0.717) is 12.6 Å². The number of rotatable bonds is 3. The van der Waals surface area contributed by atoms with Crippen molar-refractivity contribution in [2.24, 2.45) is 0 Å². The molecule has 82 valence electrons. The highest BCUT2D eigenvalue weighted by Crippen LogP contribution is 2.16. The van der Waals surface area contributed by atoms with Crippen LogP contribution in [-0.2, 0) is 0 Å². The summed E-state index contributed by atoms with van der Waals surface area (Å²) in [6.07, 6.45) is 4.77. The Bertz CT molecular complexity index is 184. The highest BCUT2D eigenvalue weighted by molar-refractivity contribution is 5.73. The summed E-state index contributed by atoms with van der Waals surface area (Å²) in [5.74, 6) is 0. The normalized spacial score (nSPS) is 23.1. The minimum Gasteiger partial charge on any atom is -0.337 e. The lowest BCUT2D eigenvalue weighted by Gasteiger charge is -2.34. The molecule has 4 nitrogen and oxygen atoms in total. The molecule has 1 unspecified atom stereocenters. The number of hydrogen-bond acceptors (Lipinski definition) is 2. The molecule has 1 heterocycles. The molecule has 2 N–H and O–H groups in total. The molecular formula is C10H21N3O. The van der Waals surface area contributed by atoms with Crippen LogP contribution in [0.3, 0.4) is 0 Å². The molecule has 1 saturated heterocycles. The minimum atomic E-state index is -0.0761. The quantitative estimate of drug-likeness (QED) is 0.723. The molecule has 1 aliphatic heterocycles. The van der Waals surface area contributed by atoms with E-state index in [-0.39, 0.29) is 6.03 Å². The largest absolute Gasteiger partial charge is 0.337 e. The smallest absolute Gasteiger partial charge is 0.329 e. The Hall–Kier alpha value is -0.770. The van der Waals surface area contributed by atoms with Gasteiger partial charge in [-0.3, -0.25) is 5.43 Å². The Morgan fingerprint density at radius 2 is 2.21 bits per heavy atom. The lowest BCUT2D eigenvalue weighted by molar-refractivity contribution is 0.0946. The number of urea groups is 1. The van der Waals surface area contributed by atoms with E-state index in [2.05, 4.69) is 22.7 Å². The van der Waals surface area contributed by atoms with Crippen LogP contribution in [0.5, 0.6) is 0 Å². The van der Waals surface area contributed by atoms with Crippen LogP contribution in [0.2, 0.25) is 0 Å². The van der Waals surface area contributed by atoms with Gasteiger partial charge in [-0.25, -0.2) is 9.80 Å². The highest BCUT2D eigenvalue weighted by atomic mass is 16.2. The zero-order valence-electron chi connectivity index (χ0n) is 9.18. The number of carbonyl (C=O) groups is 1. The van der Waals surface area contributed by atoms with Gasteiger partial charge >= 0.3 is 6.03 Å². The second-order valence-corrected chi connectivity index (χ2v) is 3.72. The third-order valence-corrected chi connectivity index (χ3v) is 2.68. The second kappa shape index (κ2) is 5.86. The van der Waals surface area contributed by atoms with E-state index in [4.69, 9.17) is 0 Å². The molecule has 14 heavy (non-hydrogen) atoms. The summed E-state index contributed by atoms with van der Waals surface area (Å²) in [5, 5.41) is 4.82. The minimum absolute atomic E-state index is 0.0761. The van der Waals surface area contributed by atoms with Crippen molar-refractivity contribution in [1.82, 2.24) is 15.8 Å². The zero-order valence-corrected chi connectivity index (χ0v) is 9.18. The maximum Gasteiger partial charge on any atom is 0.329 e. The van der Waals surface area contributed by atoms with Crippen LogP contribution < -0.4 is 10.7 Å². The number of hydrazine groups is 1. The Morgan fingerprint density at radius 3 is 2.86 bits per heavy atom. The van der Waals surface area contributed by atoms with Crippen LogP contribution in [0.15, 0.2) is 0 Å². The lowest BCUT2D eigenvalue weighted by atomic mass is 10.0.